The van der Waals surface area contributed by atoms with Gasteiger partial charge in [-0.2, -0.15) is 4.98 Å². The second-order valence-electron chi connectivity index (χ2n) is 4.35. The number of unbranched alkanes of at least 4 members (excludes halogenated alkanes) is 1. The van der Waals surface area contributed by atoms with Crippen LogP contribution < -0.4 is 10.6 Å². The van der Waals surface area contributed by atoms with Gasteiger partial charge in [0, 0.05) is 25.9 Å². The van der Waals surface area contributed by atoms with Gasteiger partial charge < -0.3 is 15.4 Å². The molecule has 5 nitrogen and oxygen atoms in total. The molecule has 0 saturated carbocycles. The fourth-order valence-corrected chi connectivity index (χ4v) is 1.46. The number of rotatable bonds is 9. The van der Waals surface area contributed by atoms with Gasteiger partial charge in [0.25, 0.3) is 0 Å². The normalized spacial score (nSPS) is 10.7. The van der Waals surface area contributed by atoms with Crippen LogP contribution in [-0.2, 0) is 4.74 Å². The van der Waals surface area contributed by atoms with E-state index in [-0.39, 0.29) is 0 Å². The van der Waals surface area contributed by atoms with E-state index in [1.54, 1.807) is 6.20 Å². The van der Waals surface area contributed by atoms with Crippen molar-refractivity contribution in [2.75, 3.05) is 30.3 Å². The van der Waals surface area contributed by atoms with E-state index in [1.807, 2.05) is 13.0 Å². The number of nitrogens with zero attached hydrogens (tertiary/aromatic N) is 2. The van der Waals surface area contributed by atoms with Crippen molar-refractivity contribution in [3.8, 4) is 0 Å². The standard InChI is InChI=1S/C13H24N4O/c1-4-14-13-16-9-7-12(17-13)15-8-5-6-10-18-11(2)3/h7,9,11H,4-6,8,10H2,1-3H3,(H2,14,15,16,17). The van der Waals surface area contributed by atoms with Gasteiger partial charge in [0.05, 0.1) is 6.10 Å². The molecule has 0 unspecified atom stereocenters. The highest BCUT2D eigenvalue weighted by Crippen LogP contribution is 2.05. The molecule has 18 heavy (non-hydrogen) atoms. The van der Waals surface area contributed by atoms with Crippen molar-refractivity contribution in [1.82, 2.24) is 9.97 Å². The minimum absolute atomic E-state index is 0.322. The molecule has 0 fully saturated rings. The molecule has 0 aliphatic carbocycles. The second kappa shape index (κ2) is 8.69. The van der Waals surface area contributed by atoms with Crippen molar-refractivity contribution in [2.24, 2.45) is 0 Å². The molecule has 0 amide bonds. The number of aromatic nitrogens is 2. The lowest BCUT2D eigenvalue weighted by Crippen LogP contribution is -2.09. The van der Waals surface area contributed by atoms with Gasteiger partial charge in [0.1, 0.15) is 5.82 Å². The Balaban J connectivity index is 2.16. The van der Waals surface area contributed by atoms with E-state index in [0.717, 1.165) is 38.4 Å². The molecule has 5 heteroatoms. The highest BCUT2D eigenvalue weighted by molar-refractivity contribution is 5.39. The molecule has 2 N–H and O–H groups in total. The van der Waals surface area contributed by atoms with Gasteiger partial charge in [-0.05, 0) is 39.7 Å². The van der Waals surface area contributed by atoms with Crippen molar-refractivity contribution in [3.63, 3.8) is 0 Å². The smallest absolute Gasteiger partial charge is 0.224 e. The number of anilines is 2. The average molecular weight is 252 g/mol. The van der Waals surface area contributed by atoms with E-state index in [1.165, 1.54) is 0 Å². The zero-order valence-corrected chi connectivity index (χ0v) is 11.6. The predicted octanol–water partition coefficient (Wildman–Crippen LogP) is 2.53. The Bertz CT molecular complexity index is 331. The summed E-state index contributed by atoms with van der Waals surface area (Å²) >= 11 is 0. The summed E-state index contributed by atoms with van der Waals surface area (Å²) in [5.41, 5.74) is 0. The summed E-state index contributed by atoms with van der Waals surface area (Å²) in [6.07, 6.45) is 4.22. The Morgan fingerprint density at radius 1 is 1.28 bits per heavy atom. The summed E-state index contributed by atoms with van der Waals surface area (Å²) in [6, 6.07) is 1.88. The summed E-state index contributed by atoms with van der Waals surface area (Å²) in [5, 5.41) is 6.37. The van der Waals surface area contributed by atoms with Crippen molar-refractivity contribution in [3.05, 3.63) is 12.3 Å². The zero-order chi connectivity index (χ0) is 13.2. The van der Waals surface area contributed by atoms with Gasteiger partial charge >= 0.3 is 0 Å². The van der Waals surface area contributed by atoms with Gasteiger partial charge in [-0.1, -0.05) is 0 Å². The molecule has 1 aromatic rings. The Kier molecular flexibility index (Phi) is 7.10. The lowest BCUT2D eigenvalue weighted by Gasteiger charge is -2.09. The molecule has 0 aliphatic rings. The van der Waals surface area contributed by atoms with E-state index in [2.05, 4.69) is 34.4 Å². The van der Waals surface area contributed by atoms with Crippen LogP contribution in [0.5, 0.6) is 0 Å². The molecule has 1 aromatic heterocycles. The zero-order valence-electron chi connectivity index (χ0n) is 11.6. The van der Waals surface area contributed by atoms with Gasteiger partial charge in [-0.3, -0.25) is 0 Å². The van der Waals surface area contributed by atoms with Crippen molar-refractivity contribution >= 4 is 11.8 Å². The number of nitrogens with one attached hydrogen (secondary N) is 2. The number of hydrogen-bond acceptors (Lipinski definition) is 5. The first-order valence-corrected chi connectivity index (χ1v) is 6.64. The molecular weight excluding hydrogens is 228 g/mol. The van der Waals surface area contributed by atoms with Crippen molar-refractivity contribution in [1.29, 1.82) is 0 Å². The molecule has 0 aliphatic heterocycles. The average Bonchev–Trinajstić information content (AvgIpc) is 2.34. The Morgan fingerprint density at radius 3 is 2.83 bits per heavy atom. The maximum atomic E-state index is 5.48. The van der Waals surface area contributed by atoms with Gasteiger partial charge in [-0.25, -0.2) is 4.98 Å². The minimum Gasteiger partial charge on any atom is -0.379 e. The third-order valence-electron chi connectivity index (χ3n) is 2.32. The number of hydrogen-bond donors (Lipinski definition) is 2. The Labute approximate surface area is 109 Å². The molecule has 1 rings (SSSR count). The Morgan fingerprint density at radius 2 is 2.11 bits per heavy atom. The van der Waals surface area contributed by atoms with Gasteiger partial charge in [-0.15, -0.1) is 0 Å². The fraction of sp³-hybridized carbons (Fsp3) is 0.692. The summed E-state index contributed by atoms with van der Waals surface area (Å²) in [6.45, 7) is 8.70. The maximum absolute atomic E-state index is 5.48. The first-order valence-electron chi connectivity index (χ1n) is 6.64. The minimum atomic E-state index is 0.322. The van der Waals surface area contributed by atoms with E-state index < -0.39 is 0 Å². The molecule has 0 saturated heterocycles. The van der Waals surface area contributed by atoms with Crippen molar-refractivity contribution in [2.45, 2.75) is 39.7 Å². The second-order valence-corrected chi connectivity index (χ2v) is 4.35. The lowest BCUT2D eigenvalue weighted by molar-refractivity contribution is 0.0765. The SMILES string of the molecule is CCNc1nccc(NCCCCOC(C)C)n1. The van der Waals surface area contributed by atoms with Crippen LogP contribution in [0.3, 0.4) is 0 Å². The summed E-state index contributed by atoms with van der Waals surface area (Å²) < 4.78 is 5.48. The van der Waals surface area contributed by atoms with Crippen LogP contribution in [0.4, 0.5) is 11.8 Å². The maximum Gasteiger partial charge on any atom is 0.224 e. The van der Waals surface area contributed by atoms with E-state index >= 15 is 0 Å². The molecule has 0 aromatic carbocycles. The van der Waals surface area contributed by atoms with E-state index in [9.17, 15) is 0 Å². The molecule has 1 heterocycles. The summed E-state index contributed by atoms with van der Waals surface area (Å²) in [7, 11) is 0. The van der Waals surface area contributed by atoms with Gasteiger partial charge in [0.2, 0.25) is 5.95 Å². The molecule has 0 radical (unpaired) electrons. The number of ether oxygens (including phenoxy) is 1. The van der Waals surface area contributed by atoms with E-state index in [4.69, 9.17) is 4.74 Å². The Hall–Kier alpha value is -1.36. The van der Waals surface area contributed by atoms with Crippen LogP contribution in [0.25, 0.3) is 0 Å². The van der Waals surface area contributed by atoms with Gasteiger partial charge in [0.15, 0.2) is 0 Å². The topological polar surface area (TPSA) is 59.1 Å². The first-order chi connectivity index (χ1) is 8.72. The quantitative estimate of drug-likeness (QED) is 0.661. The van der Waals surface area contributed by atoms with Crippen LogP contribution in [0.15, 0.2) is 12.3 Å². The highest BCUT2D eigenvalue weighted by atomic mass is 16.5. The van der Waals surface area contributed by atoms with Crippen LogP contribution in [-0.4, -0.2) is 35.8 Å². The third-order valence-corrected chi connectivity index (χ3v) is 2.32. The molecular formula is C13H24N4O. The molecule has 0 atom stereocenters. The molecule has 0 spiro atoms. The molecule has 102 valence electrons. The van der Waals surface area contributed by atoms with Crippen LogP contribution in [0, 0.1) is 0 Å². The molecule has 0 bridgehead atoms. The largest absolute Gasteiger partial charge is 0.379 e. The summed E-state index contributed by atoms with van der Waals surface area (Å²) in [4.78, 5) is 8.47. The van der Waals surface area contributed by atoms with Crippen LogP contribution >= 0.6 is 0 Å². The summed E-state index contributed by atoms with van der Waals surface area (Å²) in [5.74, 6) is 1.54. The van der Waals surface area contributed by atoms with Crippen molar-refractivity contribution < 1.29 is 4.74 Å². The predicted molar refractivity (Wildman–Crippen MR) is 75.0 cm³/mol. The van der Waals surface area contributed by atoms with Crippen LogP contribution in [0.2, 0.25) is 0 Å². The fourth-order valence-electron chi connectivity index (χ4n) is 1.46. The van der Waals surface area contributed by atoms with Crippen LogP contribution in [0.1, 0.15) is 33.6 Å². The van der Waals surface area contributed by atoms with E-state index in [0.29, 0.717) is 12.1 Å². The third kappa shape index (κ3) is 6.39. The monoisotopic (exact) mass is 252 g/mol. The first kappa shape index (κ1) is 14.7. The lowest BCUT2D eigenvalue weighted by atomic mass is 10.3. The highest BCUT2D eigenvalue weighted by Gasteiger charge is 1.97.